The third-order valence-electron chi connectivity index (χ3n) is 24.2. The maximum absolute atomic E-state index is 13.1. The minimum atomic E-state index is -1.00. The summed E-state index contributed by atoms with van der Waals surface area (Å²) in [6, 6.07) is 48.9. The number of carboxylic acids is 2. The van der Waals surface area contributed by atoms with Gasteiger partial charge in [-0.2, -0.15) is 9.59 Å². The summed E-state index contributed by atoms with van der Waals surface area (Å²) >= 11 is 0. The fraction of sp³-hybridized carbons (Fsp3) is 0.607. The summed E-state index contributed by atoms with van der Waals surface area (Å²) in [4.78, 5) is 125. The third-order valence-corrected chi connectivity index (χ3v) is 24.2. The molecule has 24 heteroatoms. The summed E-state index contributed by atoms with van der Waals surface area (Å²) in [6.45, 7) is 71.8. The second kappa shape index (κ2) is 62.9. The first-order chi connectivity index (χ1) is 63.5. The highest BCUT2D eigenvalue weighted by Gasteiger charge is 2.51. The molecule has 8 N–H and O–H groups in total. The van der Waals surface area contributed by atoms with Gasteiger partial charge in [0.05, 0.1) is 42.3 Å². The zero-order chi connectivity index (χ0) is 106. The highest BCUT2D eigenvalue weighted by Crippen LogP contribution is 2.38. The predicted molar refractivity (Wildman–Crippen MR) is 577 cm³/mol. The van der Waals surface area contributed by atoms with Crippen molar-refractivity contribution in [2.24, 2.45) is 95.5 Å². The van der Waals surface area contributed by atoms with Crippen LogP contribution in [0.5, 0.6) is 0 Å². The number of carboxylic acid groups (broad SMARTS) is 2. The Morgan fingerprint density at radius 3 is 1.35 bits per heavy atom. The van der Waals surface area contributed by atoms with E-state index >= 15 is 0 Å². The van der Waals surface area contributed by atoms with Crippen molar-refractivity contribution in [1.82, 2.24) is 30.2 Å². The number of aryl methyl sites for hydroxylation is 1. The van der Waals surface area contributed by atoms with Gasteiger partial charge in [0.15, 0.2) is 5.78 Å². The molecule has 2 aliphatic rings. The zero-order valence-corrected chi connectivity index (χ0v) is 90.2. The Hall–Kier alpha value is -10.4. The number of nitrogens with two attached hydrogens (primary N) is 1. The lowest BCUT2D eigenvalue weighted by atomic mass is 9.75. The molecule has 9 rings (SSSR count). The van der Waals surface area contributed by atoms with Crippen molar-refractivity contribution < 1.29 is 67.9 Å². The summed E-state index contributed by atoms with van der Waals surface area (Å²) in [6.07, 6.45) is 12.4. The number of hydrogen-bond donors (Lipinski definition) is 7. The van der Waals surface area contributed by atoms with Gasteiger partial charge < -0.3 is 45.9 Å². The molecule has 2 amide bonds. The first kappa shape index (κ1) is 135. The van der Waals surface area contributed by atoms with E-state index in [0.29, 0.717) is 91.1 Å². The minimum Gasteiger partial charge on any atom is -0.481 e. The predicted octanol–water partition coefficient (Wildman–Crippen LogP) is 24.4. The number of ether oxygens (including phenoxy) is 3. The van der Waals surface area contributed by atoms with Gasteiger partial charge in [-0.05, 0) is 191 Å². The highest BCUT2D eigenvalue weighted by molar-refractivity contribution is 5.97. The summed E-state index contributed by atoms with van der Waals surface area (Å²) in [5, 5.41) is 33.8. The van der Waals surface area contributed by atoms with E-state index in [1.165, 1.54) is 40.4 Å². The normalized spacial score (nSPS) is 16.7. The minimum absolute atomic E-state index is 0. The Morgan fingerprint density at radius 2 is 1.00 bits per heavy atom. The number of aromatic nitrogens is 4. The smallest absolute Gasteiger partial charge is 0.373 e. The van der Waals surface area contributed by atoms with Crippen LogP contribution in [0.2, 0.25) is 0 Å². The van der Waals surface area contributed by atoms with Gasteiger partial charge in [0.25, 0.3) is 12.0 Å². The fourth-order valence-electron chi connectivity index (χ4n) is 14.7. The lowest BCUT2D eigenvalue weighted by Gasteiger charge is -2.32. The molecular formula is C117H188N8O16. The molecule has 5 heterocycles. The van der Waals surface area contributed by atoms with Crippen molar-refractivity contribution in [2.45, 2.75) is 371 Å². The van der Waals surface area contributed by atoms with Crippen LogP contribution in [0.25, 0.3) is 0 Å². The molecule has 0 radical (unpaired) electrons. The number of carbonyl (C=O) groups excluding carboxylic acids is 6. The molecule has 0 bridgehead atoms. The highest BCUT2D eigenvalue weighted by atomic mass is 16.6. The number of aliphatic carboxylic acids is 2. The molecule has 4 aromatic carbocycles. The quantitative estimate of drug-likeness (QED) is 0.00991. The Kier molecular flexibility index (Phi) is 60.1. The van der Waals surface area contributed by atoms with E-state index in [1.54, 1.807) is 33.9 Å². The maximum atomic E-state index is 13.1. The van der Waals surface area contributed by atoms with E-state index in [-0.39, 0.29) is 103 Å². The number of nitrogens with one attached hydrogen (secondary N) is 3. The monoisotopic (exact) mass is 1960 g/mol. The van der Waals surface area contributed by atoms with Crippen LogP contribution in [0.15, 0.2) is 185 Å². The lowest BCUT2D eigenvalue weighted by molar-refractivity contribution is -0.192. The number of aliphatic hydroxyl groups is 1. The number of aliphatic imine (C=N–C) groups is 1. The van der Waals surface area contributed by atoms with E-state index in [4.69, 9.17) is 34.6 Å². The molecule has 12 unspecified atom stereocenters. The maximum Gasteiger partial charge on any atom is 0.373 e. The molecule has 141 heavy (non-hydrogen) atoms. The Bertz CT molecular complexity index is 4870. The van der Waals surface area contributed by atoms with Crippen molar-refractivity contribution in [3.63, 3.8) is 0 Å². The second-order valence-electron chi connectivity index (χ2n) is 46.7. The van der Waals surface area contributed by atoms with E-state index in [2.05, 4.69) is 231 Å². The molecule has 24 nitrogen and oxygen atoms in total. The van der Waals surface area contributed by atoms with Crippen LogP contribution in [0, 0.1) is 91.7 Å². The number of amidine groups is 1. The number of amides is 2. The number of hydrogen-bond acceptors (Lipinski definition) is 17. The number of H-pyrrole nitrogens is 1. The number of benzene rings is 4. The number of nitrogens with zero attached hydrogens (tertiary/aromatic N) is 4. The number of carbonyl (C=O) groups is 6. The summed E-state index contributed by atoms with van der Waals surface area (Å²) in [5.74, 6) is 0.105. The number of rotatable bonds is 29. The van der Waals surface area contributed by atoms with E-state index in [9.17, 15) is 48.6 Å². The van der Waals surface area contributed by atoms with Gasteiger partial charge in [-0.1, -0.05) is 359 Å². The van der Waals surface area contributed by atoms with Crippen molar-refractivity contribution in [3.8, 4) is 0 Å². The van der Waals surface area contributed by atoms with Gasteiger partial charge in [-0.25, -0.2) is 14.6 Å². The van der Waals surface area contributed by atoms with Gasteiger partial charge in [0.2, 0.25) is 11.8 Å². The summed E-state index contributed by atoms with van der Waals surface area (Å²) in [7, 11) is 0. The Morgan fingerprint density at radius 1 is 0.567 bits per heavy atom. The molecule has 7 aromatic rings. The molecule has 2 aliphatic heterocycles. The van der Waals surface area contributed by atoms with Crippen LogP contribution in [0.1, 0.15) is 328 Å². The molecule has 0 aliphatic carbocycles. The van der Waals surface area contributed by atoms with Crippen LogP contribution in [0.3, 0.4) is 0 Å². The zero-order valence-electron chi connectivity index (χ0n) is 90.2. The largest absolute Gasteiger partial charge is 0.481 e. The van der Waals surface area contributed by atoms with Crippen LogP contribution in [-0.4, -0.2) is 125 Å². The Balaban J connectivity index is -0.00000156. The number of aliphatic hydroxyl groups excluding tert-OH is 1. The fourth-order valence-corrected chi connectivity index (χ4v) is 14.7. The van der Waals surface area contributed by atoms with Crippen molar-refractivity contribution in [2.75, 3.05) is 6.61 Å². The van der Waals surface area contributed by atoms with Gasteiger partial charge in [0, 0.05) is 66.6 Å². The molecule has 2 saturated heterocycles. The molecule has 792 valence electrons. The van der Waals surface area contributed by atoms with Gasteiger partial charge >= 0.3 is 23.8 Å². The number of aromatic amines is 1. The van der Waals surface area contributed by atoms with Crippen LogP contribution in [0.4, 0.5) is 5.69 Å². The topological polar surface area (TPSA) is 371 Å². The molecule has 0 spiro atoms. The van der Waals surface area contributed by atoms with Gasteiger partial charge in [0.1, 0.15) is 24.0 Å². The number of epoxide rings is 1. The van der Waals surface area contributed by atoms with Crippen molar-refractivity contribution in [1.29, 1.82) is 0 Å². The first-order valence-electron chi connectivity index (χ1n) is 48.8. The first-order valence-corrected chi connectivity index (χ1v) is 48.8. The van der Waals surface area contributed by atoms with Crippen LogP contribution >= 0.6 is 0 Å². The van der Waals surface area contributed by atoms with E-state index in [1.807, 2.05) is 166 Å². The number of pyridine rings is 2. The number of ketones is 1. The molecular weight excluding hydrogens is 1770 g/mol. The van der Waals surface area contributed by atoms with Gasteiger partial charge in [-0.3, -0.25) is 48.3 Å². The molecule has 0 saturated carbocycles. The van der Waals surface area contributed by atoms with Crippen LogP contribution < -0.4 is 27.6 Å². The summed E-state index contributed by atoms with van der Waals surface area (Å²) in [5.41, 5.74) is 12.8. The lowest BCUT2D eigenvalue weighted by Crippen LogP contribution is -2.50. The second-order valence-corrected chi connectivity index (χ2v) is 46.7. The SMILES string of the molecule is C.C.C.CC(C(=O)O)C(C)(C)C.CC(C)(C)C(Cc1ccccn1)OC=O.CC(C)CC(C(=O)NC(Cc1ccccc1)C(=O)O)C(C)(C)C.CC(C)CC(NC(=O)C(Cc1ccccc1)C(C)(C)C)C(=O)C1(C)CO1.CC(Cc1ccccc1)C(C)(C)C.CC(N)=Nc1ccc(CC(C)(C)C)cc1.CCC(Cc1ccccn1)C(C)(C)C.Cc1cn(C2CC(O)C(CC(C)(C)C)O2)c(=O)[nH]c1=O.O=C=O. The summed E-state index contributed by atoms with van der Waals surface area (Å²) < 4.78 is 17.6. The third kappa shape index (κ3) is 56.3. The van der Waals surface area contributed by atoms with Crippen molar-refractivity contribution >= 4 is 53.7 Å². The van der Waals surface area contributed by atoms with Gasteiger partial charge in [-0.15, -0.1) is 0 Å². The van der Waals surface area contributed by atoms with Crippen LogP contribution in [-0.2, 0) is 91.1 Å². The Labute approximate surface area is 849 Å². The van der Waals surface area contributed by atoms with E-state index in [0.717, 1.165) is 53.6 Å². The van der Waals surface area contributed by atoms with Crippen molar-refractivity contribution in [3.05, 3.63) is 230 Å². The standard InChI is InChI=1S/C22H33NO3.C19H29NO3.C14H22N2O4.C13H20N2.C13H21N.C13H20.C12H17NO2.C7H14O2.CO2.3CH4/c1-15(2)12-18(19(24)22(6)14-26-22)23-20(25)17(21(3,4)5)13-16-10-8-7-9-11-16;1-13(2)11-15(19(3,4)5)17(21)20-16(18(22)23)12-14-9-7-6-8-10-14;1-8-7-16(13(19)15-12(8)18)11-5-9(17)10(20-11)6-14(2,3)4;1-10(14)15-12-7-5-11(6-8-12)9-13(2,3)4;1-5-11(13(2,3)4)10-12-8-6-7-9-14-12;1-11(13(2,3)4)10-12-8-6-5-7-9-12;1-12(2,3)11(15-9-14)8-10-6-4-5-7-13-10;1-5(6(8)9)7(2,3)4;2-1-3;;;/h7-11,15,17-18H,12-14H2,1-6H3,(H,23,25);6-10,13,15-16H,11-12H2,1-5H3,(H,20,21)(H,22,23);7,9-11,17H,5-6H2,1-4H3,(H,15,18,19);5-8H,9H2,1-4H3,(H2,14,15);6-9,11H,5,10H2,1-4H3;5-9,11H,10H2,1-4H3;4-7,9,11H,8H2,1-3H3;5H,1-4H3,(H,8,9);;3*1H4. The molecule has 12 atom stereocenters. The molecule has 3 aromatic heterocycles. The average Bonchev–Trinajstić information content (AvgIpc) is 1.63. The number of Topliss-reactive ketones (excluding diaryl/α,β-unsaturated/α-hetero) is 1. The van der Waals surface area contributed by atoms with E-state index < -0.39 is 53.2 Å². The molecule has 2 fully saturated rings. The average molecular weight is 1960 g/mol.